The fraction of sp³-hybridized carbons (Fsp3) is 0.357. The maximum atomic E-state index is 13.3. The first-order chi connectivity index (χ1) is 14.7. The zero-order chi connectivity index (χ0) is 24.3. The van der Waals surface area contributed by atoms with Crippen LogP contribution in [-0.2, 0) is 24.9 Å². The van der Waals surface area contributed by atoms with Crippen LogP contribution < -0.4 is 0 Å². The van der Waals surface area contributed by atoms with Crippen LogP contribution in [0.1, 0.15) is 52.7 Å². The average molecular weight is 647 g/mol. The number of carbonyl (C=O) groups is 1. The van der Waals surface area contributed by atoms with Gasteiger partial charge in [0.2, 0.25) is 0 Å². The van der Waals surface area contributed by atoms with Gasteiger partial charge in [0.1, 0.15) is 11.6 Å². The van der Waals surface area contributed by atoms with Crippen LogP contribution >= 0.6 is 0 Å². The maximum Gasteiger partial charge on any atom is 0.164 e. The molecule has 0 aliphatic carbocycles. The first kappa shape index (κ1) is 31.6. The predicted molar refractivity (Wildman–Crippen MR) is 133 cm³/mol. The quantitative estimate of drug-likeness (QED) is 0.176. The molecule has 0 saturated carbocycles. The molecule has 1 N–H and O–H groups in total. The smallest absolute Gasteiger partial charge is 0.164 e. The zero-order valence-electron chi connectivity index (χ0n) is 21.0. The van der Waals surface area contributed by atoms with E-state index >= 15 is 0 Å². The third-order valence-corrected chi connectivity index (χ3v) is 4.91. The van der Waals surface area contributed by atoms with Gasteiger partial charge in [-0.3, -0.25) is 9.50 Å². The standard InChI is InChI=1S/C17H13FN.C11H20O2.FH.Ir/c1-11-7-12(2)9-14(8-11)17-16-4-3-15(18)10-13(16)5-6-19-17;1-10(2,3)8(12)7-9(13)11(4,5)6;;/h3-8,10H,1-2H3;7,12H,1-6H3;1H;/q-1;;;. The molecular formula is C28H34F2IrNO2-. The number of rotatable bonds is 2. The first-order valence-electron chi connectivity index (χ1n) is 10.7. The van der Waals surface area contributed by atoms with Gasteiger partial charge in [-0.15, -0.1) is 34.9 Å². The van der Waals surface area contributed by atoms with E-state index in [-0.39, 0.29) is 47.6 Å². The Labute approximate surface area is 215 Å². The summed E-state index contributed by atoms with van der Waals surface area (Å²) in [4.78, 5) is 15.9. The number of carbonyl (C=O) groups excluding carboxylic acids is 1. The third kappa shape index (κ3) is 8.73. The summed E-state index contributed by atoms with van der Waals surface area (Å²) in [5.41, 5.74) is 3.29. The Morgan fingerprint density at radius 2 is 1.62 bits per heavy atom. The molecule has 0 aliphatic rings. The van der Waals surface area contributed by atoms with Crippen molar-refractivity contribution in [3.05, 3.63) is 77.4 Å². The van der Waals surface area contributed by atoms with Crippen LogP contribution in [-0.4, -0.2) is 15.9 Å². The number of fused-ring (bicyclic) bond motifs is 1. The number of aromatic nitrogens is 1. The number of hydrogen-bond acceptors (Lipinski definition) is 3. The molecule has 6 heteroatoms. The van der Waals surface area contributed by atoms with Crippen LogP contribution in [0.25, 0.3) is 22.0 Å². The van der Waals surface area contributed by atoms with E-state index in [1.54, 1.807) is 12.3 Å². The van der Waals surface area contributed by atoms with Gasteiger partial charge in [-0.05, 0) is 34.7 Å². The van der Waals surface area contributed by atoms with Gasteiger partial charge >= 0.3 is 0 Å². The summed E-state index contributed by atoms with van der Waals surface area (Å²) >= 11 is 0. The normalized spacial score (nSPS) is 11.6. The molecule has 0 saturated heterocycles. The van der Waals surface area contributed by atoms with Crippen molar-refractivity contribution in [1.29, 1.82) is 0 Å². The number of hydrogen-bond donors (Lipinski definition) is 1. The van der Waals surface area contributed by atoms with Crippen LogP contribution in [0.4, 0.5) is 9.09 Å². The van der Waals surface area contributed by atoms with Crippen molar-refractivity contribution in [3.63, 3.8) is 0 Å². The summed E-state index contributed by atoms with van der Waals surface area (Å²) in [7, 11) is 0. The summed E-state index contributed by atoms with van der Waals surface area (Å²) in [5.74, 6) is -0.124. The number of pyridine rings is 1. The Balaban J connectivity index is 0.000000651. The summed E-state index contributed by atoms with van der Waals surface area (Å²) in [5, 5.41) is 11.4. The van der Waals surface area contributed by atoms with Crippen molar-refractivity contribution in [1.82, 2.24) is 4.98 Å². The minimum absolute atomic E-state index is 0. The van der Waals surface area contributed by atoms with E-state index in [9.17, 15) is 14.3 Å². The molecule has 2 aromatic carbocycles. The van der Waals surface area contributed by atoms with Gasteiger partial charge in [-0.1, -0.05) is 61.5 Å². The van der Waals surface area contributed by atoms with Gasteiger partial charge in [-0.2, -0.15) is 0 Å². The minimum Gasteiger partial charge on any atom is -0.512 e. The molecule has 0 aliphatic heterocycles. The molecular weight excluding hydrogens is 613 g/mol. The molecule has 1 heterocycles. The molecule has 1 aromatic heterocycles. The molecule has 0 unspecified atom stereocenters. The number of nitrogens with zero attached hydrogens (tertiary/aromatic N) is 1. The Bertz CT molecular complexity index is 1140. The second kappa shape index (κ2) is 12.3. The van der Waals surface area contributed by atoms with Gasteiger partial charge in [0.25, 0.3) is 0 Å². The van der Waals surface area contributed by atoms with Crippen molar-refractivity contribution < 1.29 is 39.1 Å². The summed E-state index contributed by atoms with van der Waals surface area (Å²) in [6.45, 7) is 15.2. The predicted octanol–water partition coefficient (Wildman–Crippen LogP) is 7.70. The van der Waals surface area contributed by atoms with Crippen molar-refractivity contribution >= 4 is 16.6 Å². The van der Waals surface area contributed by atoms with Crippen molar-refractivity contribution in [2.45, 2.75) is 55.4 Å². The molecule has 3 aromatic rings. The fourth-order valence-electron chi connectivity index (χ4n) is 2.94. The number of allylic oxidation sites excluding steroid dienone is 2. The van der Waals surface area contributed by atoms with E-state index in [1.165, 1.54) is 23.8 Å². The molecule has 0 fully saturated rings. The molecule has 3 rings (SSSR count). The molecule has 3 nitrogen and oxygen atoms in total. The van der Waals surface area contributed by atoms with Crippen LogP contribution in [0.3, 0.4) is 0 Å². The van der Waals surface area contributed by atoms with Crippen molar-refractivity contribution in [2.24, 2.45) is 10.8 Å². The van der Waals surface area contributed by atoms with E-state index in [4.69, 9.17) is 0 Å². The van der Waals surface area contributed by atoms with Crippen molar-refractivity contribution in [3.8, 4) is 11.3 Å². The first-order valence-corrected chi connectivity index (χ1v) is 10.7. The molecule has 0 atom stereocenters. The van der Waals surface area contributed by atoms with Crippen molar-refractivity contribution in [2.75, 3.05) is 0 Å². The largest absolute Gasteiger partial charge is 0.512 e. The third-order valence-electron chi connectivity index (χ3n) is 4.91. The van der Waals surface area contributed by atoms with Crippen LogP contribution in [0.2, 0.25) is 0 Å². The second-order valence-electron chi connectivity index (χ2n) is 10.2. The number of aliphatic hydroxyl groups excluding tert-OH is 1. The molecule has 187 valence electrons. The van der Waals surface area contributed by atoms with E-state index in [0.717, 1.165) is 27.6 Å². The summed E-state index contributed by atoms with van der Waals surface area (Å²) in [6.07, 6.45) is 3.04. The topological polar surface area (TPSA) is 50.2 Å². The number of ketones is 1. The number of halogens is 2. The van der Waals surface area contributed by atoms with Gasteiger partial charge in [0, 0.05) is 43.2 Å². The molecule has 1 radical (unpaired) electrons. The van der Waals surface area contributed by atoms with Crippen LogP contribution in [0.15, 0.2) is 54.4 Å². The average Bonchev–Trinajstić information content (AvgIpc) is 2.65. The monoisotopic (exact) mass is 647 g/mol. The Morgan fingerprint density at radius 1 is 1.00 bits per heavy atom. The molecule has 0 amide bonds. The number of benzene rings is 2. The maximum absolute atomic E-state index is 13.3. The second-order valence-corrected chi connectivity index (χ2v) is 10.2. The van der Waals surface area contributed by atoms with Gasteiger partial charge in [-0.25, -0.2) is 4.39 Å². The van der Waals surface area contributed by atoms with E-state index in [0.29, 0.717) is 0 Å². The zero-order valence-corrected chi connectivity index (χ0v) is 23.4. The number of aliphatic hydroxyl groups is 1. The number of aryl methyl sites for hydroxylation is 2. The Kier molecular flexibility index (Phi) is 11.4. The summed E-state index contributed by atoms with van der Waals surface area (Å²) < 4.78 is 13.3. The molecule has 0 spiro atoms. The Morgan fingerprint density at radius 3 is 2.15 bits per heavy atom. The van der Waals surface area contributed by atoms with Crippen LogP contribution in [0.5, 0.6) is 0 Å². The molecule has 34 heavy (non-hydrogen) atoms. The fourth-order valence-corrected chi connectivity index (χ4v) is 2.94. The van der Waals surface area contributed by atoms with Gasteiger partial charge in [0.15, 0.2) is 5.78 Å². The van der Waals surface area contributed by atoms with Crippen LogP contribution in [0, 0.1) is 36.6 Å². The Hall–Kier alpha value is -2.43. The molecule has 0 bridgehead atoms. The van der Waals surface area contributed by atoms with Gasteiger partial charge in [0.05, 0.1) is 0 Å². The SMILES string of the molecule is CC(C)(C)C(=O)C=C(O)C(C)(C)C.Cc1[c-]c(-c2nccc3cc(F)ccc23)cc(C)c1.F.[Ir]. The van der Waals surface area contributed by atoms with E-state index in [1.807, 2.05) is 54.5 Å². The van der Waals surface area contributed by atoms with E-state index in [2.05, 4.69) is 30.1 Å². The minimum atomic E-state index is -0.417. The van der Waals surface area contributed by atoms with Gasteiger partial charge < -0.3 is 10.1 Å². The summed E-state index contributed by atoms with van der Waals surface area (Å²) in [6, 6.07) is 14.0. The van der Waals surface area contributed by atoms with E-state index < -0.39 is 5.41 Å².